The third kappa shape index (κ3) is 5.50. The van der Waals surface area contributed by atoms with Crippen LogP contribution in [0.25, 0.3) is 0 Å². The summed E-state index contributed by atoms with van der Waals surface area (Å²) in [5.41, 5.74) is 1.88. The SMILES string of the molecule is CCCCCCN1CCC(C)(c2ccccc2NS(=O)(=O)C(C)CC)C(C)C1. The Bertz CT molecular complexity index is 719. The second-order valence-corrected chi connectivity index (χ2v) is 10.9. The van der Waals surface area contributed by atoms with E-state index in [1.54, 1.807) is 6.92 Å². The van der Waals surface area contributed by atoms with Crippen LogP contribution < -0.4 is 4.72 Å². The quantitative estimate of drug-likeness (QED) is 0.527. The van der Waals surface area contributed by atoms with E-state index >= 15 is 0 Å². The van der Waals surface area contributed by atoms with E-state index in [0.29, 0.717) is 12.3 Å². The molecule has 3 atom stereocenters. The van der Waals surface area contributed by atoms with Gasteiger partial charge in [0.2, 0.25) is 10.0 Å². The van der Waals surface area contributed by atoms with E-state index in [9.17, 15) is 8.42 Å². The third-order valence-electron chi connectivity index (χ3n) is 6.79. The Morgan fingerprint density at radius 1 is 1.21 bits per heavy atom. The average molecular weight is 409 g/mol. The van der Waals surface area contributed by atoms with Crippen LogP contribution >= 0.6 is 0 Å². The highest BCUT2D eigenvalue weighted by Crippen LogP contribution is 2.42. The largest absolute Gasteiger partial charge is 0.303 e. The van der Waals surface area contributed by atoms with Gasteiger partial charge in [0.05, 0.1) is 10.9 Å². The molecule has 0 aliphatic carbocycles. The number of likely N-dealkylation sites (tertiary alicyclic amines) is 1. The molecular weight excluding hydrogens is 368 g/mol. The molecule has 3 unspecified atom stereocenters. The number of piperidine rings is 1. The van der Waals surface area contributed by atoms with Crippen LogP contribution in [0.5, 0.6) is 0 Å². The summed E-state index contributed by atoms with van der Waals surface area (Å²) in [7, 11) is -3.36. The van der Waals surface area contributed by atoms with Gasteiger partial charge in [0.1, 0.15) is 0 Å². The van der Waals surface area contributed by atoms with E-state index in [1.165, 1.54) is 32.2 Å². The van der Waals surface area contributed by atoms with Crippen molar-refractivity contribution in [3.8, 4) is 0 Å². The summed E-state index contributed by atoms with van der Waals surface area (Å²) in [5.74, 6) is 0.474. The molecule has 0 spiro atoms. The van der Waals surface area contributed by atoms with E-state index in [2.05, 4.69) is 36.5 Å². The number of nitrogens with one attached hydrogen (secondary N) is 1. The van der Waals surface area contributed by atoms with Gasteiger partial charge in [-0.3, -0.25) is 4.72 Å². The Morgan fingerprint density at radius 2 is 1.93 bits per heavy atom. The van der Waals surface area contributed by atoms with Gasteiger partial charge in [0, 0.05) is 6.54 Å². The number of hydrogen-bond donors (Lipinski definition) is 1. The van der Waals surface area contributed by atoms with Crippen molar-refractivity contribution >= 4 is 15.7 Å². The summed E-state index contributed by atoms with van der Waals surface area (Å²) in [4.78, 5) is 2.59. The number of rotatable bonds is 10. The topological polar surface area (TPSA) is 49.4 Å². The number of sulfonamides is 1. The Labute approximate surface area is 173 Å². The lowest BCUT2D eigenvalue weighted by atomic mass is 9.67. The van der Waals surface area contributed by atoms with Crippen LogP contribution in [0.4, 0.5) is 5.69 Å². The Morgan fingerprint density at radius 3 is 2.57 bits per heavy atom. The minimum atomic E-state index is -3.36. The molecule has 160 valence electrons. The maximum atomic E-state index is 12.7. The zero-order chi connectivity index (χ0) is 20.8. The molecule has 1 aliphatic heterocycles. The van der Waals surface area contributed by atoms with Gasteiger partial charge < -0.3 is 4.90 Å². The van der Waals surface area contributed by atoms with Crippen LogP contribution in [-0.2, 0) is 15.4 Å². The Balaban J connectivity index is 2.15. The van der Waals surface area contributed by atoms with Crippen molar-refractivity contribution in [2.75, 3.05) is 24.4 Å². The molecule has 0 saturated carbocycles. The molecule has 4 nitrogen and oxygen atoms in total. The fraction of sp³-hybridized carbons (Fsp3) is 0.739. The molecule has 0 aromatic heterocycles. The smallest absolute Gasteiger partial charge is 0.235 e. The van der Waals surface area contributed by atoms with Gasteiger partial charge in [-0.05, 0) is 62.2 Å². The fourth-order valence-electron chi connectivity index (χ4n) is 4.23. The normalized spacial score (nSPS) is 24.8. The van der Waals surface area contributed by atoms with Crippen molar-refractivity contribution in [3.63, 3.8) is 0 Å². The van der Waals surface area contributed by atoms with Crippen molar-refractivity contribution in [3.05, 3.63) is 29.8 Å². The van der Waals surface area contributed by atoms with Crippen LogP contribution in [0, 0.1) is 5.92 Å². The van der Waals surface area contributed by atoms with Gasteiger partial charge in [-0.2, -0.15) is 0 Å². The van der Waals surface area contributed by atoms with Crippen molar-refractivity contribution in [2.45, 2.75) is 83.8 Å². The molecule has 5 heteroatoms. The number of unbranched alkanes of at least 4 members (excludes halogenated alkanes) is 3. The monoisotopic (exact) mass is 408 g/mol. The van der Waals surface area contributed by atoms with Gasteiger partial charge in [0.25, 0.3) is 0 Å². The van der Waals surface area contributed by atoms with Crippen molar-refractivity contribution in [1.29, 1.82) is 0 Å². The summed E-state index contributed by atoms with van der Waals surface area (Å²) >= 11 is 0. The van der Waals surface area contributed by atoms with Crippen LogP contribution in [-0.4, -0.2) is 38.2 Å². The van der Waals surface area contributed by atoms with Gasteiger partial charge in [-0.1, -0.05) is 65.2 Å². The molecule has 1 fully saturated rings. The molecule has 1 N–H and O–H groups in total. The minimum Gasteiger partial charge on any atom is -0.303 e. The van der Waals surface area contributed by atoms with E-state index < -0.39 is 15.3 Å². The molecule has 0 radical (unpaired) electrons. The second-order valence-electron chi connectivity index (χ2n) is 8.84. The molecule has 0 bridgehead atoms. The van der Waals surface area contributed by atoms with Crippen LogP contribution in [0.15, 0.2) is 24.3 Å². The third-order valence-corrected chi connectivity index (χ3v) is 8.69. The summed E-state index contributed by atoms with van der Waals surface area (Å²) in [5, 5.41) is -0.393. The van der Waals surface area contributed by atoms with Crippen molar-refractivity contribution in [2.24, 2.45) is 5.92 Å². The van der Waals surface area contributed by atoms with Crippen molar-refractivity contribution in [1.82, 2.24) is 4.90 Å². The molecule has 1 aromatic carbocycles. The lowest BCUT2D eigenvalue weighted by Crippen LogP contribution is -2.47. The van der Waals surface area contributed by atoms with Gasteiger partial charge in [-0.15, -0.1) is 0 Å². The molecule has 28 heavy (non-hydrogen) atoms. The van der Waals surface area contributed by atoms with Crippen LogP contribution in [0.3, 0.4) is 0 Å². The molecule has 1 saturated heterocycles. The second kappa shape index (κ2) is 10.1. The number of benzene rings is 1. The lowest BCUT2D eigenvalue weighted by Gasteiger charge is -2.46. The minimum absolute atomic E-state index is 0.0194. The maximum absolute atomic E-state index is 12.7. The van der Waals surface area contributed by atoms with Gasteiger partial charge in [0.15, 0.2) is 0 Å². The predicted molar refractivity (Wildman–Crippen MR) is 120 cm³/mol. The molecule has 1 aliphatic rings. The number of hydrogen-bond acceptors (Lipinski definition) is 3. The molecule has 1 heterocycles. The summed E-state index contributed by atoms with van der Waals surface area (Å²) in [6.07, 6.45) is 6.87. The van der Waals surface area contributed by atoms with Crippen LogP contribution in [0.1, 0.15) is 78.7 Å². The van der Waals surface area contributed by atoms with Crippen molar-refractivity contribution < 1.29 is 8.42 Å². The molecule has 2 rings (SSSR count). The number of para-hydroxylation sites is 1. The lowest BCUT2D eigenvalue weighted by molar-refractivity contribution is 0.110. The molecule has 0 amide bonds. The number of nitrogens with zero attached hydrogens (tertiary/aromatic N) is 1. The van der Waals surface area contributed by atoms with Gasteiger partial charge in [-0.25, -0.2) is 8.42 Å². The van der Waals surface area contributed by atoms with E-state index in [4.69, 9.17) is 0 Å². The van der Waals surface area contributed by atoms with Crippen LogP contribution in [0.2, 0.25) is 0 Å². The first-order chi connectivity index (χ1) is 13.2. The zero-order valence-electron chi connectivity index (χ0n) is 18.5. The maximum Gasteiger partial charge on any atom is 0.235 e. The Kier molecular flexibility index (Phi) is 8.38. The zero-order valence-corrected chi connectivity index (χ0v) is 19.3. The average Bonchev–Trinajstić information content (AvgIpc) is 2.67. The van der Waals surface area contributed by atoms with Gasteiger partial charge >= 0.3 is 0 Å². The highest BCUT2D eigenvalue weighted by Gasteiger charge is 2.39. The highest BCUT2D eigenvalue weighted by molar-refractivity contribution is 7.93. The first-order valence-corrected chi connectivity index (χ1v) is 12.6. The first kappa shape index (κ1) is 23.2. The summed E-state index contributed by atoms with van der Waals surface area (Å²) in [6, 6.07) is 7.99. The number of anilines is 1. The molecule has 1 aromatic rings. The summed E-state index contributed by atoms with van der Waals surface area (Å²) in [6.45, 7) is 13.9. The fourth-order valence-corrected chi connectivity index (χ4v) is 5.35. The Hall–Kier alpha value is -1.07. The van der Waals surface area contributed by atoms with E-state index in [-0.39, 0.29) is 5.41 Å². The first-order valence-electron chi connectivity index (χ1n) is 11.1. The summed E-state index contributed by atoms with van der Waals surface area (Å²) < 4.78 is 28.2. The highest BCUT2D eigenvalue weighted by atomic mass is 32.2. The standard InChI is InChI=1S/C23H40N2O2S/c1-6-8-9-12-16-25-17-15-23(5,19(3)18-25)21-13-10-11-14-22(21)24-28(26,27)20(4)7-2/h10-11,13-14,19-20,24H,6-9,12,15-18H2,1-5H3. The predicted octanol–water partition coefficient (Wildman–Crippen LogP) is 5.41. The van der Waals surface area contributed by atoms with E-state index in [1.807, 2.05) is 25.1 Å². The molecular formula is C23H40N2O2S. The van der Waals surface area contributed by atoms with E-state index in [0.717, 1.165) is 30.8 Å².